The third-order valence-corrected chi connectivity index (χ3v) is 6.05. The van der Waals surface area contributed by atoms with E-state index in [9.17, 15) is 16.8 Å². The quantitative estimate of drug-likeness (QED) is 0.802. The molecule has 0 saturated carbocycles. The lowest BCUT2D eigenvalue weighted by atomic mass is 10.1. The van der Waals surface area contributed by atoms with Crippen molar-refractivity contribution in [2.24, 2.45) is 5.14 Å². The maximum absolute atomic E-state index is 12.3. The summed E-state index contributed by atoms with van der Waals surface area (Å²) in [6.45, 7) is 0.119. The zero-order chi connectivity index (χ0) is 17.4. The molecule has 0 amide bonds. The number of sulfonamides is 2. The SMILES string of the molecule is NS(=O)(=O)c1ccc(S(=O)(=O)NCC2Cc3ccccc3O2)cc1. The average Bonchev–Trinajstić information content (AvgIpc) is 2.95. The molecule has 7 nitrogen and oxygen atoms in total. The Bertz CT molecular complexity index is 929. The summed E-state index contributed by atoms with van der Waals surface area (Å²) in [4.78, 5) is -0.179. The number of para-hydroxylation sites is 1. The van der Waals surface area contributed by atoms with Gasteiger partial charge in [0.1, 0.15) is 11.9 Å². The molecule has 3 N–H and O–H groups in total. The van der Waals surface area contributed by atoms with E-state index in [0.717, 1.165) is 23.4 Å². The van der Waals surface area contributed by atoms with Crippen LogP contribution in [0.4, 0.5) is 0 Å². The molecule has 1 atom stereocenters. The lowest BCUT2D eigenvalue weighted by Crippen LogP contribution is -2.34. The molecule has 0 saturated heterocycles. The van der Waals surface area contributed by atoms with Gasteiger partial charge in [0.25, 0.3) is 0 Å². The molecular weight excluding hydrogens is 352 g/mol. The van der Waals surface area contributed by atoms with Crippen molar-refractivity contribution >= 4 is 20.0 Å². The number of primary sulfonamides is 1. The number of fused-ring (bicyclic) bond motifs is 1. The standard InChI is InChI=1S/C15H16N2O5S2/c16-23(18,19)13-5-7-14(8-6-13)24(20,21)17-10-12-9-11-3-1-2-4-15(11)22-12/h1-8,12,17H,9-10H2,(H2,16,18,19). The summed E-state index contributed by atoms with van der Waals surface area (Å²) in [5.74, 6) is 0.763. The Morgan fingerprint density at radius 2 is 1.62 bits per heavy atom. The Kier molecular flexibility index (Phi) is 4.35. The monoisotopic (exact) mass is 368 g/mol. The molecule has 9 heteroatoms. The van der Waals surface area contributed by atoms with E-state index in [0.29, 0.717) is 6.42 Å². The molecule has 1 aliphatic rings. The topological polar surface area (TPSA) is 116 Å². The molecule has 0 aromatic heterocycles. The van der Waals surface area contributed by atoms with Gasteiger partial charge in [0, 0.05) is 13.0 Å². The van der Waals surface area contributed by atoms with Crippen LogP contribution in [0.2, 0.25) is 0 Å². The van der Waals surface area contributed by atoms with E-state index in [4.69, 9.17) is 9.88 Å². The average molecular weight is 368 g/mol. The van der Waals surface area contributed by atoms with Crippen LogP contribution in [0.15, 0.2) is 58.3 Å². The number of hydrogen-bond donors (Lipinski definition) is 2. The zero-order valence-corrected chi connectivity index (χ0v) is 14.2. The van der Waals surface area contributed by atoms with E-state index in [1.54, 1.807) is 0 Å². The number of nitrogens with one attached hydrogen (secondary N) is 1. The van der Waals surface area contributed by atoms with E-state index in [1.165, 1.54) is 12.1 Å². The van der Waals surface area contributed by atoms with Gasteiger partial charge in [0.15, 0.2) is 0 Å². The van der Waals surface area contributed by atoms with Crippen molar-refractivity contribution in [2.45, 2.75) is 22.3 Å². The fourth-order valence-corrected chi connectivity index (χ4v) is 4.04. The van der Waals surface area contributed by atoms with Crippen molar-refractivity contribution in [1.29, 1.82) is 0 Å². The summed E-state index contributed by atoms with van der Waals surface area (Å²) in [6.07, 6.45) is 0.351. The Labute approximate surface area is 140 Å². The molecule has 0 radical (unpaired) electrons. The van der Waals surface area contributed by atoms with Crippen LogP contribution in [0.3, 0.4) is 0 Å². The molecule has 24 heavy (non-hydrogen) atoms. The Morgan fingerprint density at radius 1 is 1.00 bits per heavy atom. The van der Waals surface area contributed by atoms with Gasteiger partial charge in [0.05, 0.1) is 9.79 Å². The van der Waals surface area contributed by atoms with E-state index in [1.807, 2.05) is 24.3 Å². The molecule has 0 fully saturated rings. The van der Waals surface area contributed by atoms with Crippen LogP contribution in [0.5, 0.6) is 5.75 Å². The highest BCUT2D eigenvalue weighted by molar-refractivity contribution is 7.89. The second kappa shape index (κ2) is 6.17. The molecule has 1 heterocycles. The van der Waals surface area contributed by atoms with Crippen LogP contribution in [0.25, 0.3) is 0 Å². The second-order valence-electron chi connectivity index (χ2n) is 5.42. The minimum Gasteiger partial charge on any atom is -0.488 e. The van der Waals surface area contributed by atoms with Crippen molar-refractivity contribution in [3.05, 3.63) is 54.1 Å². The van der Waals surface area contributed by atoms with E-state index < -0.39 is 20.0 Å². The molecular formula is C15H16N2O5S2. The third kappa shape index (κ3) is 3.59. The first kappa shape index (κ1) is 16.9. The van der Waals surface area contributed by atoms with Crippen LogP contribution in [0.1, 0.15) is 5.56 Å². The summed E-state index contributed by atoms with van der Waals surface area (Å²) in [7, 11) is -7.62. The number of rotatable bonds is 5. The molecule has 0 spiro atoms. The van der Waals surface area contributed by atoms with Crippen molar-refractivity contribution < 1.29 is 21.6 Å². The first-order chi connectivity index (χ1) is 11.3. The predicted octanol–water partition coefficient (Wildman–Crippen LogP) is 0.616. The molecule has 2 aromatic carbocycles. The summed E-state index contributed by atoms with van der Waals surface area (Å²) < 4.78 is 55.1. The summed E-state index contributed by atoms with van der Waals surface area (Å²) in [5, 5.41) is 4.99. The Balaban J connectivity index is 1.67. The molecule has 0 bridgehead atoms. The number of ether oxygens (including phenoxy) is 1. The minimum absolute atomic E-state index is 0.0367. The van der Waals surface area contributed by atoms with Gasteiger partial charge >= 0.3 is 0 Å². The van der Waals surface area contributed by atoms with Gasteiger partial charge in [-0.05, 0) is 35.9 Å². The molecule has 1 unspecified atom stereocenters. The highest BCUT2D eigenvalue weighted by Gasteiger charge is 2.24. The lowest BCUT2D eigenvalue weighted by molar-refractivity contribution is 0.236. The van der Waals surface area contributed by atoms with Gasteiger partial charge < -0.3 is 4.74 Å². The molecule has 0 aliphatic carbocycles. The van der Waals surface area contributed by atoms with Gasteiger partial charge in [-0.1, -0.05) is 18.2 Å². The summed E-state index contributed by atoms with van der Waals surface area (Å²) in [5.41, 5.74) is 1.04. The fraction of sp³-hybridized carbons (Fsp3) is 0.200. The Morgan fingerprint density at radius 3 is 2.25 bits per heavy atom. The highest BCUT2D eigenvalue weighted by atomic mass is 32.2. The lowest BCUT2D eigenvalue weighted by Gasteiger charge is -2.12. The normalized spacial score (nSPS) is 17.3. The second-order valence-corrected chi connectivity index (χ2v) is 8.75. The summed E-state index contributed by atoms with van der Waals surface area (Å²) in [6, 6.07) is 12.3. The van der Waals surface area contributed by atoms with Crippen LogP contribution in [-0.2, 0) is 26.5 Å². The maximum Gasteiger partial charge on any atom is 0.240 e. The maximum atomic E-state index is 12.3. The zero-order valence-electron chi connectivity index (χ0n) is 12.5. The molecule has 3 rings (SSSR count). The van der Waals surface area contributed by atoms with Crippen LogP contribution >= 0.6 is 0 Å². The highest BCUT2D eigenvalue weighted by Crippen LogP contribution is 2.27. The smallest absolute Gasteiger partial charge is 0.240 e. The van der Waals surface area contributed by atoms with Crippen LogP contribution in [0, 0.1) is 0 Å². The molecule has 1 aliphatic heterocycles. The Hall–Kier alpha value is -1.94. The van der Waals surface area contributed by atoms with Crippen molar-refractivity contribution in [1.82, 2.24) is 4.72 Å². The van der Waals surface area contributed by atoms with E-state index in [2.05, 4.69) is 4.72 Å². The van der Waals surface area contributed by atoms with Gasteiger partial charge in [-0.2, -0.15) is 0 Å². The first-order valence-corrected chi connectivity index (χ1v) is 10.2. The molecule has 2 aromatic rings. The van der Waals surface area contributed by atoms with Gasteiger partial charge in [-0.25, -0.2) is 26.7 Å². The number of benzene rings is 2. The molecule has 128 valence electrons. The number of nitrogens with two attached hydrogens (primary N) is 1. The fourth-order valence-electron chi connectivity index (χ4n) is 2.46. The summed E-state index contributed by atoms with van der Waals surface area (Å²) >= 11 is 0. The van der Waals surface area contributed by atoms with E-state index >= 15 is 0 Å². The third-order valence-electron chi connectivity index (χ3n) is 3.68. The van der Waals surface area contributed by atoms with Crippen LogP contribution < -0.4 is 14.6 Å². The first-order valence-electron chi connectivity index (χ1n) is 7.13. The van der Waals surface area contributed by atoms with Gasteiger partial charge in [-0.3, -0.25) is 0 Å². The van der Waals surface area contributed by atoms with Gasteiger partial charge in [0.2, 0.25) is 20.0 Å². The largest absolute Gasteiger partial charge is 0.488 e. The van der Waals surface area contributed by atoms with Gasteiger partial charge in [-0.15, -0.1) is 0 Å². The van der Waals surface area contributed by atoms with Crippen LogP contribution in [-0.4, -0.2) is 29.5 Å². The van der Waals surface area contributed by atoms with Crippen molar-refractivity contribution in [3.63, 3.8) is 0 Å². The van der Waals surface area contributed by atoms with Crippen molar-refractivity contribution in [2.75, 3.05) is 6.54 Å². The van der Waals surface area contributed by atoms with E-state index in [-0.39, 0.29) is 22.4 Å². The number of hydrogen-bond acceptors (Lipinski definition) is 5. The van der Waals surface area contributed by atoms with Crippen molar-refractivity contribution in [3.8, 4) is 5.75 Å². The minimum atomic E-state index is -3.86. The predicted molar refractivity (Wildman–Crippen MR) is 87.6 cm³/mol.